The number of nitro groups is 1. The number of nitrogens with zero attached hydrogens (tertiary/aromatic N) is 1. The van der Waals surface area contributed by atoms with Gasteiger partial charge in [-0.05, 0) is 30.2 Å². The Hall–Kier alpha value is -3.13. The average Bonchev–Trinajstić information content (AvgIpc) is 2.52. The first-order valence-electron chi connectivity index (χ1n) is 6.05. The quantitative estimate of drug-likeness (QED) is 0.375. The zero-order valence-electron chi connectivity index (χ0n) is 11.2. The summed E-state index contributed by atoms with van der Waals surface area (Å²) in [5, 5.41) is 10.5. The maximum atomic E-state index is 12.0. The summed E-state index contributed by atoms with van der Waals surface area (Å²) in [6.45, 7) is 0. The van der Waals surface area contributed by atoms with Crippen LogP contribution in [-0.4, -0.2) is 17.8 Å². The average molecular weight is 281 g/mol. The molecular formula is C16H11NO4. The Morgan fingerprint density at radius 3 is 2.43 bits per heavy atom. The molecule has 2 aromatic rings. The van der Waals surface area contributed by atoms with E-state index in [-0.39, 0.29) is 11.5 Å². The summed E-state index contributed by atoms with van der Waals surface area (Å²) in [6.07, 6.45) is 0. The topological polar surface area (TPSA) is 69.4 Å². The molecule has 0 N–H and O–H groups in total. The van der Waals surface area contributed by atoms with E-state index in [0.29, 0.717) is 16.9 Å². The highest BCUT2D eigenvalue weighted by Gasteiger charge is 2.08. The van der Waals surface area contributed by atoms with Crippen LogP contribution in [0.25, 0.3) is 0 Å². The van der Waals surface area contributed by atoms with E-state index >= 15 is 0 Å². The first-order chi connectivity index (χ1) is 10.1. The molecule has 2 rings (SSSR count). The molecule has 0 fully saturated rings. The van der Waals surface area contributed by atoms with E-state index in [1.54, 1.807) is 24.3 Å². The van der Waals surface area contributed by atoms with Crippen LogP contribution in [0.4, 0.5) is 5.69 Å². The smallest absolute Gasteiger partial charge is 0.269 e. The Balaban J connectivity index is 2.22. The minimum Gasteiger partial charge on any atom is -0.496 e. The molecule has 0 bridgehead atoms. The molecule has 0 aromatic heterocycles. The Morgan fingerprint density at radius 1 is 1.14 bits per heavy atom. The lowest BCUT2D eigenvalue weighted by Crippen LogP contribution is -1.99. The Labute approximate surface area is 121 Å². The fraction of sp³-hybridized carbons (Fsp3) is 0.0625. The van der Waals surface area contributed by atoms with Gasteiger partial charge in [0.25, 0.3) is 5.69 Å². The van der Waals surface area contributed by atoms with Crippen LogP contribution in [-0.2, 0) is 0 Å². The molecule has 0 radical (unpaired) electrons. The number of carbonyl (C=O) groups excluding carboxylic acids is 1. The second-order valence-electron chi connectivity index (χ2n) is 4.08. The second-order valence-corrected chi connectivity index (χ2v) is 4.08. The summed E-state index contributed by atoms with van der Waals surface area (Å²) in [6, 6.07) is 12.5. The lowest BCUT2D eigenvalue weighted by molar-refractivity contribution is -0.384. The summed E-state index contributed by atoms with van der Waals surface area (Å²) >= 11 is 0. The minimum absolute atomic E-state index is 0.0170. The first kappa shape index (κ1) is 14.3. The largest absolute Gasteiger partial charge is 0.496 e. The van der Waals surface area contributed by atoms with Crippen LogP contribution < -0.4 is 4.74 Å². The maximum Gasteiger partial charge on any atom is 0.269 e. The van der Waals surface area contributed by atoms with Crippen molar-refractivity contribution in [3.05, 3.63) is 69.8 Å². The molecule has 5 heteroatoms. The van der Waals surface area contributed by atoms with Crippen LogP contribution in [0, 0.1) is 22.0 Å². The maximum absolute atomic E-state index is 12.0. The van der Waals surface area contributed by atoms with Crippen molar-refractivity contribution in [1.29, 1.82) is 0 Å². The summed E-state index contributed by atoms with van der Waals surface area (Å²) in [5.41, 5.74) is 0.898. The number of benzene rings is 2. The standard InChI is InChI=1S/C16H11NO4/c1-21-16-5-3-2-4-14(16)15(18)11-8-12-6-9-13(10-7-12)17(19)20/h2-7,9-10H,1H3. The van der Waals surface area contributed by atoms with E-state index in [1.165, 1.54) is 31.4 Å². The van der Waals surface area contributed by atoms with Crippen molar-refractivity contribution in [2.45, 2.75) is 0 Å². The first-order valence-corrected chi connectivity index (χ1v) is 6.05. The van der Waals surface area contributed by atoms with E-state index in [9.17, 15) is 14.9 Å². The Kier molecular flexibility index (Phi) is 4.32. The minimum atomic E-state index is -0.489. The zero-order valence-corrected chi connectivity index (χ0v) is 11.2. The molecular weight excluding hydrogens is 270 g/mol. The predicted octanol–water partition coefficient (Wildman–Crippen LogP) is 2.84. The SMILES string of the molecule is COc1ccccc1C(=O)C#Cc1ccc([N+](=O)[O-])cc1. The molecule has 104 valence electrons. The molecule has 0 spiro atoms. The number of rotatable bonds is 3. The van der Waals surface area contributed by atoms with Gasteiger partial charge in [-0.15, -0.1) is 0 Å². The van der Waals surface area contributed by atoms with Gasteiger partial charge in [0.2, 0.25) is 5.78 Å². The van der Waals surface area contributed by atoms with Crippen LogP contribution in [0.1, 0.15) is 15.9 Å². The summed E-state index contributed by atoms with van der Waals surface area (Å²) in [5.74, 6) is 5.27. The molecule has 0 saturated heterocycles. The molecule has 0 saturated carbocycles. The lowest BCUT2D eigenvalue weighted by Gasteiger charge is -2.02. The predicted molar refractivity (Wildman–Crippen MR) is 77.3 cm³/mol. The van der Waals surface area contributed by atoms with Crippen molar-refractivity contribution in [1.82, 2.24) is 0 Å². The van der Waals surface area contributed by atoms with E-state index in [4.69, 9.17) is 4.74 Å². The van der Waals surface area contributed by atoms with Gasteiger partial charge in [-0.3, -0.25) is 14.9 Å². The van der Waals surface area contributed by atoms with Crippen molar-refractivity contribution in [2.24, 2.45) is 0 Å². The van der Waals surface area contributed by atoms with Crippen molar-refractivity contribution < 1.29 is 14.5 Å². The number of hydrogen-bond acceptors (Lipinski definition) is 4. The number of ketones is 1. The number of Topliss-reactive ketones (excluding diaryl/α,β-unsaturated/α-hetero) is 1. The third-order valence-corrected chi connectivity index (χ3v) is 2.75. The van der Waals surface area contributed by atoms with Crippen LogP contribution in [0.3, 0.4) is 0 Å². The van der Waals surface area contributed by atoms with Gasteiger partial charge in [-0.2, -0.15) is 0 Å². The van der Waals surface area contributed by atoms with E-state index in [2.05, 4.69) is 11.8 Å². The number of hydrogen-bond donors (Lipinski definition) is 0. The second kappa shape index (κ2) is 6.35. The van der Waals surface area contributed by atoms with E-state index < -0.39 is 4.92 Å². The van der Waals surface area contributed by atoms with Gasteiger partial charge >= 0.3 is 0 Å². The van der Waals surface area contributed by atoms with Crippen LogP contribution >= 0.6 is 0 Å². The van der Waals surface area contributed by atoms with Gasteiger partial charge in [0.05, 0.1) is 17.6 Å². The van der Waals surface area contributed by atoms with Crippen LogP contribution in [0.5, 0.6) is 5.75 Å². The van der Waals surface area contributed by atoms with Gasteiger partial charge < -0.3 is 4.74 Å². The summed E-state index contributed by atoms with van der Waals surface area (Å²) < 4.78 is 5.10. The molecule has 0 aliphatic carbocycles. The van der Waals surface area contributed by atoms with Crippen molar-refractivity contribution >= 4 is 11.5 Å². The molecule has 0 aliphatic heterocycles. The Bertz CT molecular complexity index is 739. The number of ether oxygens (including phenoxy) is 1. The Morgan fingerprint density at radius 2 is 1.81 bits per heavy atom. The van der Waals surface area contributed by atoms with Gasteiger partial charge in [0.15, 0.2) is 0 Å². The van der Waals surface area contributed by atoms with Crippen LogP contribution in [0.15, 0.2) is 48.5 Å². The van der Waals surface area contributed by atoms with Crippen molar-refractivity contribution in [2.75, 3.05) is 7.11 Å². The highest BCUT2D eigenvalue weighted by Crippen LogP contribution is 2.17. The zero-order chi connectivity index (χ0) is 15.2. The summed E-state index contributed by atoms with van der Waals surface area (Å²) in [7, 11) is 1.48. The fourth-order valence-electron chi connectivity index (χ4n) is 1.69. The number of non-ortho nitro benzene ring substituents is 1. The highest BCUT2D eigenvalue weighted by molar-refractivity contribution is 6.11. The monoisotopic (exact) mass is 281 g/mol. The van der Waals surface area contributed by atoms with Crippen molar-refractivity contribution in [3.63, 3.8) is 0 Å². The lowest BCUT2D eigenvalue weighted by atomic mass is 10.1. The molecule has 21 heavy (non-hydrogen) atoms. The van der Waals surface area contributed by atoms with Gasteiger partial charge in [0, 0.05) is 17.7 Å². The fourth-order valence-corrected chi connectivity index (χ4v) is 1.69. The van der Waals surface area contributed by atoms with Gasteiger partial charge in [-0.1, -0.05) is 18.1 Å². The number of methoxy groups -OCH3 is 1. The normalized spacial score (nSPS) is 9.38. The number of nitro benzene ring substituents is 1. The van der Waals surface area contributed by atoms with Gasteiger partial charge in [0.1, 0.15) is 5.75 Å². The van der Waals surface area contributed by atoms with Gasteiger partial charge in [-0.25, -0.2) is 0 Å². The van der Waals surface area contributed by atoms with E-state index in [1.807, 2.05) is 0 Å². The molecule has 0 aliphatic rings. The third-order valence-electron chi connectivity index (χ3n) is 2.75. The summed E-state index contributed by atoms with van der Waals surface area (Å²) in [4.78, 5) is 22.1. The number of carbonyl (C=O) groups is 1. The molecule has 2 aromatic carbocycles. The number of para-hydroxylation sites is 1. The van der Waals surface area contributed by atoms with E-state index in [0.717, 1.165) is 0 Å². The molecule has 0 amide bonds. The molecule has 0 atom stereocenters. The van der Waals surface area contributed by atoms with Crippen molar-refractivity contribution in [3.8, 4) is 17.6 Å². The molecule has 5 nitrogen and oxygen atoms in total. The molecule has 0 heterocycles. The third kappa shape index (κ3) is 3.45. The molecule has 0 unspecified atom stereocenters. The van der Waals surface area contributed by atoms with Crippen LogP contribution in [0.2, 0.25) is 0 Å². The highest BCUT2D eigenvalue weighted by atomic mass is 16.6.